The monoisotopic (exact) mass is 374 g/mol. The first kappa shape index (κ1) is 19.2. The molecule has 0 fully saturated rings. The van der Waals surface area contributed by atoms with Crippen LogP contribution < -0.4 is 15.4 Å². The standard InChI is InChI=1S/C23H22N2O3/c1-28-21-12-10-17(11-13-21)14-15-24-22(26)18-6-5-7-19(16-18)23(27)25-20-8-3-2-4-9-20/h2-13,16H,14-15H2,1H3,(H,24,26)(H,25,27). The summed E-state index contributed by atoms with van der Waals surface area (Å²) in [4.78, 5) is 24.8. The Morgan fingerprint density at radius 1 is 0.821 bits per heavy atom. The second-order valence-corrected chi connectivity index (χ2v) is 6.25. The van der Waals surface area contributed by atoms with E-state index in [1.165, 1.54) is 0 Å². The van der Waals surface area contributed by atoms with Crippen LogP contribution in [-0.4, -0.2) is 25.5 Å². The van der Waals surface area contributed by atoms with Crippen molar-refractivity contribution in [3.63, 3.8) is 0 Å². The third kappa shape index (κ3) is 5.20. The summed E-state index contributed by atoms with van der Waals surface area (Å²) in [6.07, 6.45) is 0.712. The van der Waals surface area contributed by atoms with E-state index in [0.29, 0.717) is 29.8 Å². The van der Waals surface area contributed by atoms with Crippen LogP contribution in [0.15, 0.2) is 78.9 Å². The fourth-order valence-corrected chi connectivity index (χ4v) is 2.74. The molecule has 3 aromatic rings. The lowest BCUT2D eigenvalue weighted by molar-refractivity contribution is 0.0954. The molecule has 0 saturated carbocycles. The number of para-hydroxylation sites is 1. The van der Waals surface area contributed by atoms with E-state index in [4.69, 9.17) is 4.74 Å². The summed E-state index contributed by atoms with van der Waals surface area (Å²) in [5.74, 6) is 0.348. The van der Waals surface area contributed by atoms with Crippen LogP contribution in [-0.2, 0) is 6.42 Å². The third-order valence-electron chi connectivity index (χ3n) is 4.28. The van der Waals surface area contributed by atoms with Gasteiger partial charge in [0.1, 0.15) is 5.75 Å². The molecule has 0 radical (unpaired) electrons. The Bertz CT molecular complexity index is 938. The van der Waals surface area contributed by atoms with E-state index in [-0.39, 0.29) is 11.8 Å². The molecule has 0 aliphatic carbocycles. The average molecular weight is 374 g/mol. The molecule has 5 nitrogen and oxygen atoms in total. The lowest BCUT2D eigenvalue weighted by atomic mass is 10.1. The van der Waals surface area contributed by atoms with Crippen molar-refractivity contribution in [2.75, 3.05) is 19.0 Å². The number of nitrogens with one attached hydrogen (secondary N) is 2. The molecule has 2 N–H and O–H groups in total. The SMILES string of the molecule is COc1ccc(CCNC(=O)c2cccc(C(=O)Nc3ccccc3)c2)cc1. The van der Waals surface area contributed by atoms with Crippen molar-refractivity contribution < 1.29 is 14.3 Å². The summed E-state index contributed by atoms with van der Waals surface area (Å²) in [6, 6.07) is 23.6. The van der Waals surface area contributed by atoms with Gasteiger partial charge in [-0.15, -0.1) is 0 Å². The highest BCUT2D eigenvalue weighted by atomic mass is 16.5. The maximum atomic E-state index is 12.4. The molecule has 0 aliphatic heterocycles. The second kappa shape index (κ2) is 9.37. The number of hydrogen-bond donors (Lipinski definition) is 2. The zero-order valence-electron chi connectivity index (χ0n) is 15.6. The van der Waals surface area contributed by atoms with E-state index in [1.54, 1.807) is 31.4 Å². The number of benzene rings is 3. The minimum Gasteiger partial charge on any atom is -0.497 e. The molecule has 0 bridgehead atoms. The van der Waals surface area contributed by atoms with E-state index in [2.05, 4.69) is 10.6 Å². The molecule has 3 aromatic carbocycles. The first-order valence-electron chi connectivity index (χ1n) is 9.03. The van der Waals surface area contributed by atoms with Gasteiger partial charge in [0.25, 0.3) is 11.8 Å². The summed E-state index contributed by atoms with van der Waals surface area (Å²) in [5.41, 5.74) is 2.71. The zero-order valence-corrected chi connectivity index (χ0v) is 15.6. The lowest BCUT2D eigenvalue weighted by Crippen LogP contribution is -2.26. The largest absolute Gasteiger partial charge is 0.497 e. The van der Waals surface area contributed by atoms with Gasteiger partial charge in [-0.1, -0.05) is 36.4 Å². The topological polar surface area (TPSA) is 67.4 Å². The molecule has 28 heavy (non-hydrogen) atoms. The van der Waals surface area contributed by atoms with Gasteiger partial charge in [0.05, 0.1) is 7.11 Å². The average Bonchev–Trinajstić information content (AvgIpc) is 2.75. The highest BCUT2D eigenvalue weighted by molar-refractivity contribution is 6.06. The smallest absolute Gasteiger partial charge is 0.255 e. The van der Waals surface area contributed by atoms with Gasteiger partial charge in [0.2, 0.25) is 0 Å². The van der Waals surface area contributed by atoms with Gasteiger partial charge in [-0.25, -0.2) is 0 Å². The molecule has 0 aliphatic rings. The van der Waals surface area contributed by atoms with E-state index in [1.807, 2.05) is 54.6 Å². The van der Waals surface area contributed by atoms with Crippen molar-refractivity contribution >= 4 is 17.5 Å². The molecule has 0 atom stereocenters. The Labute approximate surface area is 164 Å². The van der Waals surface area contributed by atoms with Crippen molar-refractivity contribution in [1.29, 1.82) is 0 Å². The molecule has 0 saturated heterocycles. The van der Waals surface area contributed by atoms with Gasteiger partial charge in [-0.05, 0) is 54.4 Å². The van der Waals surface area contributed by atoms with Crippen LogP contribution in [0.5, 0.6) is 5.75 Å². The van der Waals surface area contributed by atoms with E-state index in [9.17, 15) is 9.59 Å². The van der Waals surface area contributed by atoms with Crippen LogP contribution in [0.3, 0.4) is 0 Å². The highest BCUT2D eigenvalue weighted by Gasteiger charge is 2.10. The normalized spacial score (nSPS) is 10.2. The number of hydrogen-bond acceptors (Lipinski definition) is 3. The maximum absolute atomic E-state index is 12.4. The first-order chi connectivity index (χ1) is 13.7. The van der Waals surface area contributed by atoms with Gasteiger partial charge >= 0.3 is 0 Å². The van der Waals surface area contributed by atoms with Gasteiger partial charge < -0.3 is 15.4 Å². The van der Waals surface area contributed by atoms with Gasteiger partial charge in [0, 0.05) is 23.4 Å². The van der Waals surface area contributed by atoms with Crippen LogP contribution in [0.25, 0.3) is 0 Å². The van der Waals surface area contributed by atoms with Crippen LogP contribution in [0.4, 0.5) is 5.69 Å². The number of carbonyl (C=O) groups excluding carboxylic acids is 2. The summed E-state index contributed by atoms with van der Waals surface area (Å²) in [6.45, 7) is 0.506. The summed E-state index contributed by atoms with van der Waals surface area (Å²) in [7, 11) is 1.63. The van der Waals surface area contributed by atoms with E-state index in [0.717, 1.165) is 11.3 Å². The quantitative estimate of drug-likeness (QED) is 0.659. The minimum atomic E-state index is -0.251. The molecule has 0 spiro atoms. The zero-order chi connectivity index (χ0) is 19.8. The lowest BCUT2D eigenvalue weighted by Gasteiger charge is -2.08. The van der Waals surface area contributed by atoms with Crippen molar-refractivity contribution in [2.45, 2.75) is 6.42 Å². The van der Waals surface area contributed by atoms with Crippen LogP contribution in [0.1, 0.15) is 26.3 Å². The Balaban J connectivity index is 1.56. The molecule has 0 unspecified atom stereocenters. The van der Waals surface area contributed by atoms with Crippen LogP contribution >= 0.6 is 0 Å². The van der Waals surface area contributed by atoms with Crippen LogP contribution in [0, 0.1) is 0 Å². The molecular weight excluding hydrogens is 352 g/mol. The highest BCUT2D eigenvalue weighted by Crippen LogP contribution is 2.12. The minimum absolute atomic E-state index is 0.206. The Morgan fingerprint density at radius 3 is 2.18 bits per heavy atom. The Kier molecular flexibility index (Phi) is 6.41. The van der Waals surface area contributed by atoms with E-state index < -0.39 is 0 Å². The molecule has 3 rings (SSSR count). The number of ether oxygens (including phenoxy) is 1. The second-order valence-electron chi connectivity index (χ2n) is 6.25. The number of rotatable bonds is 7. The van der Waals surface area contributed by atoms with Gasteiger partial charge in [-0.2, -0.15) is 0 Å². The summed E-state index contributed by atoms with van der Waals surface area (Å²) in [5, 5.41) is 5.71. The number of anilines is 1. The molecule has 5 heteroatoms. The fraction of sp³-hybridized carbons (Fsp3) is 0.130. The first-order valence-corrected chi connectivity index (χ1v) is 9.03. The predicted molar refractivity (Wildman–Crippen MR) is 110 cm³/mol. The van der Waals surface area contributed by atoms with Gasteiger partial charge in [0.15, 0.2) is 0 Å². The van der Waals surface area contributed by atoms with Crippen molar-refractivity contribution in [2.24, 2.45) is 0 Å². The molecule has 142 valence electrons. The summed E-state index contributed by atoms with van der Waals surface area (Å²) >= 11 is 0. The Hall–Kier alpha value is -3.60. The number of amides is 2. The molecule has 2 amide bonds. The maximum Gasteiger partial charge on any atom is 0.255 e. The molecule has 0 heterocycles. The van der Waals surface area contributed by atoms with Crippen molar-refractivity contribution in [3.05, 3.63) is 95.6 Å². The van der Waals surface area contributed by atoms with Crippen molar-refractivity contribution in [3.8, 4) is 5.75 Å². The van der Waals surface area contributed by atoms with Crippen molar-refractivity contribution in [1.82, 2.24) is 5.32 Å². The Morgan fingerprint density at radius 2 is 1.50 bits per heavy atom. The number of carbonyl (C=O) groups is 2. The van der Waals surface area contributed by atoms with E-state index >= 15 is 0 Å². The van der Waals surface area contributed by atoms with Crippen LogP contribution in [0.2, 0.25) is 0 Å². The summed E-state index contributed by atoms with van der Waals surface area (Å²) < 4.78 is 5.14. The predicted octanol–water partition coefficient (Wildman–Crippen LogP) is 3.92. The fourth-order valence-electron chi connectivity index (χ4n) is 2.74. The molecular formula is C23H22N2O3. The van der Waals surface area contributed by atoms with Gasteiger partial charge in [-0.3, -0.25) is 9.59 Å². The third-order valence-corrected chi connectivity index (χ3v) is 4.28. The molecule has 0 aromatic heterocycles. The number of methoxy groups -OCH3 is 1.